The second kappa shape index (κ2) is 3.44. The van der Waals surface area contributed by atoms with Gasteiger partial charge in [-0.25, -0.2) is 0 Å². The van der Waals surface area contributed by atoms with Crippen LogP contribution in [0.4, 0.5) is 0 Å². The molecule has 1 saturated heterocycles. The van der Waals surface area contributed by atoms with Crippen molar-refractivity contribution in [2.45, 2.75) is 38.3 Å². The Morgan fingerprint density at radius 1 is 1.42 bits per heavy atom. The molecule has 68 valence electrons. The van der Waals surface area contributed by atoms with Gasteiger partial charge in [0.15, 0.2) is 5.79 Å². The van der Waals surface area contributed by atoms with Crippen molar-refractivity contribution in [1.82, 2.24) is 0 Å². The summed E-state index contributed by atoms with van der Waals surface area (Å²) in [5.74, 6) is 1.88. The lowest BCUT2D eigenvalue weighted by Gasteiger charge is -2.16. The molecule has 1 N–H and O–H groups in total. The van der Waals surface area contributed by atoms with Crippen LogP contribution in [0.2, 0.25) is 0 Å². The first-order valence-corrected chi connectivity index (χ1v) is 3.99. The van der Waals surface area contributed by atoms with Crippen LogP contribution in [0, 0.1) is 12.3 Å². The fourth-order valence-corrected chi connectivity index (χ4v) is 1.35. The van der Waals surface area contributed by atoms with Crippen molar-refractivity contribution in [3.05, 3.63) is 0 Å². The van der Waals surface area contributed by atoms with E-state index in [0.717, 1.165) is 0 Å². The largest absolute Gasteiger partial charge is 0.394 e. The smallest absolute Gasteiger partial charge is 0.163 e. The molecule has 0 amide bonds. The lowest BCUT2D eigenvalue weighted by Crippen LogP contribution is -2.25. The van der Waals surface area contributed by atoms with Crippen LogP contribution in [-0.2, 0) is 9.47 Å². The number of hydrogen-bond donors (Lipinski definition) is 1. The van der Waals surface area contributed by atoms with E-state index in [1.807, 2.05) is 13.8 Å². The normalized spacial score (nSPS) is 33.2. The van der Waals surface area contributed by atoms with Crippen molar-refractivity contribution in [2.75, 3.05) is 6.61 Å². The minimum absolute atomic E-state index is 0.0459. The number of terminal acetylenes is 1. The van der Waals surface area contributed by atoms with Crippen LogP contribution in [0.3, 0.4) is 0 Å². The molecular formula is C9H14O3. The first-order valence-electron chi connectivity index (χ1n) is 3.99. The predicted octanol–water partition coefficient (Wildman–Crippen LogP) is 0.522. The molecule has 0 spiro atoms. The maximum atomic E-state index is 8.92. The third-order valence-corrected chi connectivity index (χ3v) is 1.78. The Balaban J connectivity index is 2.58. The Labute approximate surface area is 72.7 Å². The molecule has 0 aromatic rings. The molecular weight excluding hydrogens is 156 g/mol. The Morgan fingerprint density at radius 3 is 2.50 bits per heavy atom. The highest BCUT2D eigenvalue weighted by atomic mass is 16.8. The van der Waals surface area contributed by atoms with E-state index in [9.17, 15) is 0 Å². The summed E-state index contributed by atoms with van der Waals surface area (Å²) in [5.41, 5.74) is 0. The molecule has 3 heteroatoms. The van der Waals surface area contributed by atoms with E-state index in [-0.39, 0.29) is 18.8 Å². The first-order chi connectivity index (χ1) is 5.59. The Bertz CT molecular complexity index is 192. The van der Waals surface area contributed by atoms with Crippen LogP contribution in [0.1, 0.15) is 20.3 Å². The number of ether oxygens (including phenoxy) is 2. The van der Waals surface area contributed by atoms with Gasteiger partial charge in [-0.3, -0.25) is 0 Å². The maximum absolute atomic E-state index is 8.92. The summed E-state index contributed by atoms with van der Waals surface area (Å²) in [7, 11) is 0. The molecule has 12 heavy (non-hydrogen) atoms. The molecule has 3 nitrogen and oxygen atoms in total. The summed E-state index contributed by atoms with van der Waals surface area (Å²) in [6.45, 7) is 3.58. The molecule has 0 radical (unpaired) electrons. The maximum Gasteiger partial charge on any atom is 0.163 e. The average Bonchev–Trinajstić information content (AvgIpc) is 2.26. The standard InChI is InChI=1S/C9H14O3/c1-4-5-7-8(6-10)12-9(2,3)11-7/h1,7-8,10H,5-6H2,2-3H3. The fraction of sp³-hybridized carbons (Fsp3) is 0.778. The highest BCUT2D eigenvalue weighted by Gasteiger charge is 2.40. The van der Waals surface area contributed by atoms with E-state index in [1.165, 1.54) is 0 Å². The predicted molar refractivity (Wildman–Crippen MR) is 44.4 cm³/mol. The van der Waals surface area contributed by atoms with Gasteiger partial charge < -0.3 is 14.6 Å². The molecule has 1 aliphatic rings. The molecule has 0 aliphatic carbocycles. The van der Waals surface area contributed by atoms with Gasteiger partial charge in [-0.1, -0.05) is 0 Å². The summed E-state index contributed by atoms with van der Waals surface area (Å²) in [6.07, 6.45) is 5.17. The molecule has 1 aliphatic heterocycles. The Kier molecular flexibility index (Phi) is 2.73. The van der Waals surface area contributed by atoms with Gasteiger partial charge in [-0.05, 0) is 13.8 Å². The van der Waals surface area contributed by atoms with Crippen LogP contribution in [-0.4, -0.2) is 29.7 Å². The van der Waals surface area contributed by atoms with E-state index in [4.69, 9.17) is 21.0 Å². The average molecular weight is 170 g/mol. The third kappa shape index (κ3) is 1.98. The topological polar surface area (TPSA) is 38.7 Å². The SMILES string of the molecule is C#CCC1OC(C)(C)OC1CO. The number of rotatable bonds is 2. The van der Waals surface area contributed by atoms with Gasteiger partial charge in [-0.2, -0.15) is 0 Å². The monoisotopic (exact) mass is 170 g/mol. The van der Waals surface area contributed by atoms with Crippen LogP contribution >= 0.6 is 0 Å². The minimum Gasteiger partial charge on any atom is -0.394 e. The molecule has 2 atom stereocenters. The fourth-order valence-electron chi connectivity index (χ4n) is 1.35. The van der Waals surface area contributed by atoms with E-state index >= 15 is 0 Å². The van der Waals surface area contributed by atoms with Gasteiger partial charge in [0.1, 0.15) is 12.2 Å². The van der Waals surface area contributed by atoms with Gasteiger partial charge >= 0.3 is 0 Å². The first kappa shape index (κ1) is 9.53. The second-order valence-corrected chi connectivity index (χ2v) is 3.30. The van der Waals surface area contributed by atoms with Crippen LogP contribution < -0.4 is 0 Å². The van der Waals surface area contributed by atoms with Crippen molar-refractivity contribution < 1.29 is 14.6 Å². The van der Waals surface area contributed by atoms with Gasteiger partial charge in [0, 0.05) is 6.42 Å². The molecule has 0 bridgehead atoms. The highest BCUT2D eigenvalue weighted by Crippen LogP contribution is 2.29. The zero-order valence-corrected chi connectivity index (χ0v) is 7.41. The summed E-state index contributed by atoms with van der Waals surface area (Å²) in [6, 6.07) is 0. The molecule has 0 saturated carbocycles. The van der Waals surface area contributed by atoms with Crippen LogP contribution in [0.5, 0.6) is 0 Å². The van der Waals surface area contributed by atoms with Gasteiger partial charge in [-0.15, -0.1) is 12.3 Å². The van der Waals surface area contributed by atoms with E-state index in [1.54, 1.807) is 0 Å². The van der Waals surface area contributed by atoms with Gasteiger partial charge in [0.2, 0.25) is 0 Å². The van der Waals surface area contributed by atoms with E-state index in [2.05, 4.69) is 5.92 Å². The van der Waals surface area contributed by atoms with Crippen LogP contribution in [0.25, 0.3) is 0 Å². The third-order valence-electron chi connectivity index (χ3n) is 1.78. The lowest BCUT2D eigenvalue weighted by atomic mass is 10.1. The Hall–Kier alpha value is -0.560. The molecule has 0 aromatic carbocycles. The van der Waals surface area contributed by atoms with Gasteiger partial charge in [0.25, 0.3) is 0 Å². The summed E-state index contributed by atoms with van der Waals surface area (Å²) >= 11 is 0. The van der Waals surface area contributed by atoms with E-state index < -0.39 is 5.79 Å². The summed E-state index contributed by atoms with van der Waals surface area (Å²) in [4.78, 5) is 0. The van der Waals surface area contributed by atoms with Crippen molar-refractivity contribution in [1.29, 1.82) is 0 Å². The summed E-state index contributed by atoms with van der Waals surface area (Å²) in [5, 5.41) is 8.92. The van der Waals surface area contributed by atoms with Gasteiger partial charge in [0.05, 0.1) is 6.61 Å². The zero-order chi connectivity index (χ0) is 9.19. The lowest BCUT2D eigenvalue weighted by molar-refractivity contribution is -0.148. The second-order valence-electron chi connectivity index (χ2n) is 3.30. The number of hydrogen-bond acceptors (Lipinski definition) is 3. The molecule has 1 rings (SSSR count). The number of aliphatic hydroxyl groups excluding tert-OH is 1. The van der Waals surface area contributed by atoms with Crippen molar-refractivity contribution in [3.63, 3.8) is 0 Å². The minimum atomic E-state index is -0.616. The number of aliphatic hydroxyl groups is 1. The molecule has 1 fully saturated rings. The summed E-state index contributed by atoms with van der Waals surface area (Å²) < 4.78 is 10.9. The molecule has 0 aromatic heterocycles. The Morgan fingerprint density at radius 2 is 2.00 bits per heavy atom. The van der Waals surface area contributed by atoms with Crippen molar-refractivity contribution in [3.8, 4) is 12.3 Å². The highest BCUT2D eigenvalue weighted by molar-refractivity contribution is 4.93. The van der Waals surface area contributed by atoms with Crippen molar-refractivity contribution >= 4 is 0 Å². The molecule has 1 heterocycles. The molecule has 2 unspecified atom stereocenters. The van der Waals surface area contributed by atoms with Crippen molar-refractivity contribution in [2.24, 2.45) is 0 Å². The zero-order valence-electron chi connectivity index (χ0n) is 7.41. The quantitative estimate of drug-likeness (QED) is 0.614. The van der Waals surface area contributed by atoms with Crippen LogP contribution in [0.15, 0.2) is 0 Å². The van der Waals surface area contributed by atoms with E-state index in [0.29, 0.717) is 6.42 Å².